The maximum absolute atomic E-state index is 12.1. The summed E-state index contributed by atoms with van der Waals surface area (Å²) in [5.74, 6) is 0.988. The second-order valence-corrected chi connectivity index (χ2v) is 6.28. The highest BCUT2D eigenvalue weighted by molar-refractivity contribution is 5.93. The van der Waals surface area contributed by atoms with Crippen LogP contribution in [0.1, 0.15) is 66.7 Å². The Kier molecular flexibility index (Phi) is 5.82. The van der Waals surface area contributed by atoms with Crippen LogP contribution in [0.3, 0.4) is 0 Å². The number of amides is 1. The molecule has 0 unspecified atom stereocenters. The quantitative estimate of drug-likeness (QED) is 0.416. The van der Waals surface area contributed by atoms with Crippen molar-refractivity contribution in [3.8, 4) is 5.75 Å². The third kappa shape index (κ3) is 4.92. The maximum atomic E-state index is 12.1. The highest BCUT2D eigenvalue weighted by atomic mass is 16.5. The first-order valence-corrected chi connectivity index (χ1v) is 8.88. The molecule has 2 N–H and O–H groups in total. The summed E-state index contributed by atoms with van der Waals surface area (Å²) in [6, 6.07) is 9.45. The van der Waals surface area contributed by atoms with Crippen molar-refractivity contribution < 1.29 is 9.53 Å². The topological polar surface area (TPSA) is 79.4 Å². The molecule has 25 heavy (non-hydrogen) atoms. The fourth-order valence-corrected chi connectivity index (χ4v) is 2.53. The molecule has 1 saturated carbocycles. The van der Waals surface area contributed by atoms with Crippen LogP contribution in [0.25, 0.3) is 0 Å². The van der Waals surface area contributed by atoms with Gasteiger partial charge in [0.25, 0.3) is 5.91 Å². The van der Waals surface area contributed by atoms with Crippen molar-refractivity contribution in [1.82, 2.24) is 15.6 Å². The molecule has 6 nitrogen and oxygen atoms in total. The van der Waals surface area contributed by atoms with Crippen molar-refractivity contribution >= 4 is 12.1 Å². The number of aromatic nitrogens is 2. The Bertz CT molecular complexity index is 735. The molecule has 0 bridgehead atoms. The number of hydrogen-bond acceptors (Lipinski definition) is 4. The first-order valence-electron chi connectivity index (χ1n) is 8.88. The Balaban J connectivity index is 1.54. The molecule has 0 aliphatic heterocycles. The minimum atomic E-state index is -0.319. The SMILES string of the molecule is CCCCCOc1ccccc1/C=N/NC(=O)c1cc(C2CC2)[nH]n1. The lowest BCUT2D eigenvalue weighted by Crippen LogP contribution is -2.18. The molecule has 0 spiro atoms. The summed E-state index contributed by atoms with van der Waals surface area (Å²) in [4.78, 5) is 12.1. The van der Waals surface area contributed by atoms with Crippen LogP contribution in [-0.4, -0.2) is 28.9 Å². The van der Waals surface area contributed by atoms with Crippen molar-refractivity contribution in [3.63, 3.8) is 0 Å². The normalized spacial score (nSPS) is 14.0. The summed E-state index contributed by atoms with van der Waals surface area (Å²) in [6.45, 7) is 2.85. The maximum Gasteiger partial charge on any atom is 0.291 e. The Labute approximate surface area is 147 Å². The molecule has 1 aromatic carbocycles. The zero-order valence-electron chi connectivity index (χ0n) is 14.5. The van der Waals surface area contributed by atoms with Gasteiger partial charge in [0.2, 0.25) is 0 Å². The minimum Gasteiger partial charge on any atom is -0.493 e. The van der Waals surface area contributed by atoms with Crippen molar-refractivity contribution in [1.29, 1.82) is 0 Å². The number of carbonyl (C=O) groups excluding carboxylic acids is 1. The van der Waals surface area contributed by atoms with E-state index in [0.29, 0.717) is 18.2 Å². The Morgan fingerprint density at radius 2 is 2.24 bits per heavy atom. The van der Waals surface area contributed by atoms with Gasteiger partial charge < -0.3 is 4.74 Å². The molecule has 0 radical (unpaired) electrons. The molecular weight excluding hydrogens is 316 g/mol. The summed E-state index contributed by atoms with van der Waals surface area (Å²) >= 11 is 0. The Hall–Kier alpha value is -2.63. The summed E-state index contributed by atoms with van der Waals surface area (Å²) in [6.07, 6.45) is 7.27. The van der Waals surface area contributed by atoms with Gasteiger partial charge in [0.15, 0.2) is 5.69 Å². The van der Waals surface area contributed by atoms with Crippen molar-refractivity contribution in [2.45, 2.75) is 44.9 Å². The molecule has 3 rings (SSSR count). The lowest BCUT2D eigenvalue weighted by atomic mass is 10.2. The zero-order valence-corrected chi connectivity index (χ0v) is 14.5. The number of hydrazone groups is 1. The number of nitrogens with zero attached hydrogens (tertiary/aromatic N) is 2. The van der Waals surface area contributed by atoms with Crippen LogP contribution in [0.4, 0.5) is 0 Å². The molecule has 1 fully saturated rings. The van der Waals surface area contributed by atoms with E-state index in [9.17, 15) is 4.79 Å². The van der Waals surface area contributed by atoms with Gasteiger partial charge in [0.05, 0.1) is 12.8 Å². The van der Waals surface area contributed by atoms with Crippen LogP contribution in [-0.2, 0) is 0 Å². The smallest absolute Gasteiger partial charge is 0.291 e. The van der Waals surface area contributed by atoms with E-state index in [0.717, 1.165) is 49.1 Å². The monoisotopic (exact) mass is 340 g/mol. The van der Waals surface area contributed by atoms with Gasteiger partial charge in [0.1, 0.15) is 5.75 Å². The second-order valence-electron chi connectivity index (χ2n) is 6.28. The number of rotatable bonds is 9. The number of para-hydroxylation sites is 1. The van der Waals surface area contributed by atoms with Gasteiger partial charge in [-0.05, 0) is 37.5 Å². The fourth-order valence-electron chi connectivity index (χ4n) is 2.53. The third-order valence-electron chi connectivity index (χ3n) is 4.14. The molecule has 1 heterocycles. The van der Waals surface area contributed by atoms with Crippen LogP contribution in [0.15, 0.2) is 35.4 Å². The lowest BCUT2D eigenvalue weighted by molar-refractivity contribution is 0.0950. The zero-order chi connectivity index (χ0) is 17.5. The number of carbonyl (C=O) groups is 1. The predicted molar refractivity (Wildman–Crippen MR) is 97.1 cm³/mol. The van der Waals surface area contributed by atoms with E-state index in [1.165, 1.54) is 0 Å². The van der Waals surface area contributed by atoms with Gasteiger partial charge >= 0.3 is 0 Å². The van der Waals surface area contributed by atoms with Crippen molar-refractivity contribution in [2.24, 2.45) is 5.10 Å². The number of aromatic amines is 1. The fraction of sp³-hybridized carbons (Fsp3) is 0.421. The summed E-state index contributed by atoms with van der Waals surface area (Å²) in [5, 5.41) is 11.0. The number of H-pyrrole nitrogens is 1. The molecule has 0 atom stereocenters. The molecule has 1 aliphatic rings. The van der Waals surface area contributed by atoms with Crippen LogP contribution in [0, 0.1) is 0 Å². The first kappa shape index (κ1) is 17.2. The molecule has 1 aliphatic carbocycles. The van der Waals surface area contributed by atoms with Crippen molar-refractivity contribution in [2.75, 3.05) is 6.61 Å². The number of unbranched alkanes of at least 4 members (excludes halogenated alkanes) is 2. The summed E-state index contributed by atoms with van der Waals surface area (Å²) in [7, 11) is 0. The van der Waals surface area contributed by atoms with E-state index in [-0.39, 0.29) is 5.91 Å². The molecule has 1 amide bonds. The molecule has 2 aromatic rings. The minimum absolute atomic E-state index is 0.319. The number of benzene rings is 1. The second kappa shape index (κ2) is 8.46. The largest absolute Gasteiger partial charge is 0.493 e. The highest BCUT2D eigenvalue weighted by Gasteiger charge is 2.26. The van der Waals surface area contributed by atoms with E-state index in [2.05, 4.69) is 27.6 Å². The molecule has 6 heteroatoms. The van der Waals surface area contributed by atoms with Gasteiger partial charge in [0, 0.05) is 17.2 Å². The van der Waals surface area contributed by atoms with E-state index < -0.39 is 0 Å². The average Bonchev–Trinajstić information content (AvgIpc) is 3.36. The lowest BCUT2D eigenvalue weighted by Gasteiger charge is -2.08. The van der Waals surface area contributed by atoms with E-state index in [1.54, 1.807) is 12.3 Å². The highest BCUT2D eigenvalue weighted by Crippen LogP contribution is 2.38. The van der Waals surface area contributed by atoms with Gasteiger partial charge in [-0.3, -0.25) is 9.89 Å². The predicted octanol–water partition coefficient (Wildman–Crippen LogP) is 3.62. The number of nitrogens with one attached hydrogen (secondary N) is 2. The van der Waals surface area contributed by atoms with Crippen LogP contribution < -0.4 is 10.2 Å². The Morgan fingerprint density at radius 1 is 1.40 bits per heavy atom. The van der Waals surface area contributed by atoms with E-state index >= 15 is 0 Å². The summed E-state index contributed by atoms with van der Waals surface area (Å²) in [5.41, 5.74) is 4.74. The molecule has 132 valence electrons. The first-order chi connectivity index (χ1) is 12.3. The number of hydrogen-bond donors (Lipinski definition) is 2. The van der Waals surface area contributed by atoms with Gasteiger partial charge in [-0.25, -0.2) is 5.43 Å². The molecule has 0 saturated heterocycles. The van der Waals surface area contributed by atoms with Crippen LogP contribution >= 0.6 is 0 Å². The van der Waals surface area contributed by atoms with E-state index in [4.69, 9.17) is 4.74 Å². The van der Waals surface area contributed by atoms with Gasteiger partial charge in [-0.1, -0.05) is 31.9 Å². The summed E-state index contributed by atoms with van der Waals surface area (Å²) < 4.78 is 5.80. The number of ether oxygens (including phenoxy) is 1. The third-order valence-corrected chi connectivity index (χ3v) is 4.14. The van der Waals surface area contributed by atoms with E-state index in [1.807, 2.05) is 24.3 Å². The molecular formula is C19H24N4O2. The average molecular weight is 340 g/mol. The van der Waals surface area contributed by atoms with Crippen LogP contribution in [0.2, 0.25) is 0 Å². The van der Waals surface area contributed by atoms with Gasteiger partial charge in [-0.15, -0.1) is 0 Å². The van der Waals surface area contributed by atoms with Gasteiger partial charge in [-0.2, -0.15) is 10.2 Å². The molecule has 1 aromatic heterocycles. The standard InChI is InChI=1S/C19H24N4O2/c1-2-3-6-11-25-18-8-5-4-7-15(18)13-20-23-19(24)17-12-16(21-22-17)14-9-10-14/h4-5,7-8,12-14H,2-3,6,9-11H2,1H3,(H,21,22)(H,23,24)/b20-13+. The van der Waals surface area contributed by atoms with Crippen LogP contribution in [0.5, 0.6) is 5.75 Å². The van der Waals surface area contributed by atoms with Crippen molar-refractivity contribution in [3.05, 3.63) is 47.3 Å². The Morgan fingerprint density at radius 3 is 3.04 bits per heavy atom.